The Morgan fingerprint density at radius 1 is 1.30 bits per heavy atom. The van der Waals surface area contributed by atoms with Crippen LogP contribution < -0.4 is 5.32 Å². The number of benzene rings is 1. The van der Waals surface area contributed by atoms with Gasteiger partial charge in [-0.05, 0) is 38.0 Å². The second kappa shape index (κ2) is 7.74. The van der Waals surface area contributed by atoms with Crippen LogP contribution in [0.1, 0.15) is 17.4 Å². The van der Waals surface area contributed by atoms with Crippen molar-refractivity contribution in [1.82, 2.24) is 10.2 Å². The predicted octanol–water partition coefficient (Wildman–Crippen LogP) is 3.09. The van der Waals surface area contributed by atoms with E-state index in [4.69, 9.17) is 4.74 Å². The molecule has 20 heavy (non-hydrogen) atoms. The molecule has 0 saturated carbocycles. The maximum absolute atomic E-state index is 5.44. The van der Waals surface area contributed by atoms with Gasteiger partial charge in [0.2, 0.25) is 0 Å². The van der Waals surface area contributed by atoms with E-state index >= 15 is 0 Å². The summed E-state index contributed by atoms with van der Waals surface area (Å²) in [7, 11) is 4.17. The Balaban J connectivity index is 2.16. The summed E-state index contributed by atoms with van der Waals surface area (Å²) in [5, 5.41) is 4.67. The van der Waals surface area contributed by atoms with Crippen molar-refractivity contribution >= 4 is 21.4 Å². The number of nitrogens with zero attached hydrogens (tertiary/aromatic N) is 1. The monoisotopic (exact) mass is 292 g/mol. The third kappa shape index (κ3) is 3.79. The number of nitrogens with one attached hydrogen (secondary N) is 1. The fourth-order valence-corrected chi connectivity index (χ4v) is 3.57. The Bertz CT molecular complexity index is 538. The molecule has 0 aliphatic carbocycles. The van der Waals surface area contributed by atoms with Gasteiger partial charge >= 0.3 is 0 Å². The number of fused-ring (bicyclic) bond motifs is 1. The van der Waals surface area contributed by atoms with Crippen molar-refractivity contribution in [2.75, 3.05) is 33.9 Å². The van der Waals surface area contributed by atoms with E-state index in [1.54, 1.807) is 0 Å². The van der Waals surface area contributed by atoms with Crippen LogP contribution in [0.4, 0.5) is 0 Å². The molecule has 1 aromatic carbocycles. The molecule has 0 saturated heterocycles. The lowest BCUT2D eigenvalue weighted by Gasteiger charge is -2.17. The molecular weight excluding hydrogens is 268 g/mol. The normalized spacial score (nSPS) is 11.6. The number of hydrogen-bond donors (Lipinski definition) is 1. The van der Waals surface area contributed by atoms with Crippen LogP contribution in [0.5, 0.6) is 0 Å². The molecule has 110 valence electrons. The van der Waals surface area contributed by atoms with Crippen LogP contribution in [0.3, 0.4) is 0 Å². The van der Waals surface area contributed by atoms with Gasteiger partial charge < -0.3 is 10.1 Å². The van der Waals surface area contributed by atoms with Gasteiger partial charge in [-0.1, -0.05) is 18.2 Å². The molecule has 0 atom stereocenters. The Morgan fingerprint density at radius 3 is 2.85 bits per heavy atom. The lowest BCUT2D eigenvalue weighted by Crippen LogP contribution is -2.23. The molecule has 3 nitrogen and oxygen atoms in total. The van der Waals surface area contributed by atoms with Gasteiger partial charge in [0, 0.05) is 35.8 Å². The summed E-state index contributed by atoms with van der Waals surface area (Å²) < 4.78 is 6.82. The molecule has 4 heteroatoms. The number of hydrogen-bond acceptors (Lipinski definition) is 4. The summed E-state index contributed by atoms with van der Waals surface area (Å²) in [5.41, 5.74) is 1.46. The fraction of sp³-hybridized carbons (Fsp3) is 0.500. The maximum Gasteiger partial charge on any atom is 0.0593 e. The summed E-state index contributed by atoms with van der Waals surface area (Å²) in [6, 6.07) is 8.69. The zero-order valence-electron chi connectivity index (χ0n) is 12.6. The third-order valence-electron chi connectivity index (χ3n) is 3.37. The van der Waals surface area contributed by atoms with Crippen LogP contribution in [-0.4, -0.2) is 38.8 Å². The first kappa shape index (κ1) is 15.4. The minimum absolute atomic E-state index is 0.792. The van der Waals surface area contributed by atoms with Crippen molar-refractivity contribution in [3.63, 3.8) is 0 Å². The van der Waals surface area contributed by atoms with Crippen LogP contribution in [0.2, 0.25) is 0 Å². The van der Waals surface area contributed by atoms with E-state index in [0.717, 1.165) is 32.8 Å². The standard InChI is InChI=1S/C16H24N2OS/c1-4-19-10-9-18(3)12-14-13-7-5-6-8-15(13)20-16(14)11-17-2/h5-8,17H,4,9-12H2,1-3H3. The zero-order chi connectivity index (χ0) is 14.4. The fourth-order valence-electron chi connectivity index (χ4n) is 2.34. The second-order valence-corrected chi connectivity index (χ2v) is 6.10. The van der Waals surface area contributed by atoms with E-state index in [1.807, 2.05) is 25.3 Å². The quantitative estimate of drug-likeness (QED) is 0.757. The Morgan fingerprint density at radius 2 is 2.10 bits per heavy atom. The van der Waals surface area contributed by atoms with E-state index in [0.29, 0.717) is 0 Å². The van der Waals surface area contributed by atoms with Gasteiger partial charge in [0.25, 0.3) is 0 Å². The summed E-state index contributed by atoms with van der Waals surface area (Å²) in [4.78, 5) is 3.78. The van der Waals surface area contributed by atoms with E-state index in [2.05, 4.69) is 41.5 Å². The van der Waals surface area contributed by atoms with E-state index in [-0.39, 0.29) is 0 Å². The summed E-state index contributed by atoms with van der Waals surface area (Å²) >= 11 is 1.90. The highest BCUT2D eigenvalue weighted by Gasteiger charge is 2.13. The van der Waals surface area contributed by atoms with Gasteiger partial charge in [0.15, 0.2) is 0 Å². The van der Waals surface area contributed by atoms with E-state index in [1.165, 1.54) is 20.5 Å². The molecule has 0 unspecified atom stereocenters. The van der Waals surface area contributed by atoms with Crippen LogP contribution in [-0.2, 0) is 17.8 Å². The Hall–Kier alpha value is -0.940. The molecule has 0 fully saturated rings. The lowest BCUT2D eigenvalue weighted by molar-refractivity contribution is 0.120. The van der Waals surface area contributed by atoms with E-state index in [9.17, 15) is 0 Å². The highest BCUT2D eigenvalue weighted by atomic mass is 32.1. The molecule has 0 amide bonds. The lowest BCUT2D eigenvalue weighted by atomic mass is 10.1. The van der Waals surface area contributed by atoms with Crippen LogP contribution in [0.25, 0.3) is 10.1 Å². The minimum Gasteiger partial charge on any atom is -0.380 e. The van der Waals surface area contributed by atoms with Gasteiger partial charge in [0.1, 0.15) is 0 Å². The maximum atomic E-state index is 5.44. The van der Waals surface area contributed by atoms with Crippen molar-refractivity contribution < 1.29 is 4.74 Å². The minimum atomic E-state index is 0.792. The van der Waals surface area contributed by atoms with Crippen molar-refractivity contribution in [2.24, 2.45) is 0 Å². The summed E-state index contributed by atoms with van der Waals surface area (Å²) in [6.45, 7) is 6.52. The van der Waals surface area contributed by atoms with Gasteiger partial charge in [-0.25, -0.2) is 0 Å². The third-order valence-corrected chi connectivity index (χ3v) is 4.58. The smallest absolute Gasteiger partial charge is 0.0593 e. The topological polar surface area (TPSA) is 24.5 Å². The number of thiophene rings is 1. The van der Waals surface area contributed by atoms with Gasteiger partial charge in [-0.3, -0.25) is 4.90 Å². The van der Waals surface area contributed by atoms with Crippen molar-refractivity contribution in [3.05, 3.63) is 34.7 Å². The SMILES string of the molecule is CCOCCN(C)Cc1c(CNC)sc2ccccc12. The largest absolute Gasteiger partial charge is 0.380 e. The van der Waals surface area contributed by atoms with Gasteiger partial charge in [0.05, 0.1) is 6.61 Å². The molecular formula is C16H24N2OS. The highest BCUT2D eigenvalue weighted by Crippen LogP contribution is 2.32. The highest BCUT2D eigenvalue weighted by molar-refractivity contribution is 7.19. The summed E-state index contributed by atoms with van der Waals surface area (Å²) in [5.74, 6) is 0. The number of rotatable bonds is 8. The summed E-state index contributed by atoms with van der Waals surface area (Å²) in [6.07, 6.45) is 0. The van der Waals surface area contributed by atoms with E-state index < -0.39 is 0 Å². The van der Waals surface area contributed by atoms with Crippen molar-refractivity contribution in [2.45, 2.75) is 20.0 Å². The molecule has 1 heterocycles. The molecule has 2 rings (SSSR count). The van der Waals surface area contributed by atoms with Crippen LogP contribution in [0, 0.1) is 0 Å². The van der Waals surface area contributed by atoms with Gasteiger partial charge in [-0.2, -0.15) is 0 Å². The first-order valence-electron chi connectivity index (χ1n) is 7.16. The number of ether oxygens (including phenoxy) is 1. The Kier molecular flexibility index (Phi) is 5.98. The second-order valence-electron chi connectivity index (χ2n) is 4.96. The molecule has 0 spiro atoms. The van der Waals surface area contributed by atoms with Crippen LogP contribution >= 0.6 is 11.3 Å². The molecule has 2 aromatic rings. The molecule has 0 radical (unpaired) electrons. The first-order valence-corrected chi connectivity index (χ1v) is 7.98. The molecule has 0 aliphatic heterocycles. The van der Waals surface area contributed by atoms with Gasteiger partial charge in [-0.15, -0.1) is 11.3 Å². The average Bonchev–Trinajstić information content (AvgIpc) is 2.78. The van der Waals surface area contributed by atoms with Crippen LogP contribution in [0.15, 0.2) is 24.3 Å². The first-order chi connectivity index (χ1) is 9.76. The molecule has 1 aromatic heterocycles. The zero-order valence-corrected chi connectivity index (χ0v) is 13.4. The number of likely N-dealkylation sites (N-methyl/N-ethyl adjacent to an activating group) is 1. The van der Waals surface area contributed by atoms with Crippen molar-refractivity contribution in [3.8, 4) is 0 Å². The Labute approximate surface area is 125 Å². The molecule has 1 N–H and O–H groups in total. The molecule has 0 bridgehead atoms. The average molecular weight is 292 g/mol. The molecule has 0 aliphatic rings. The predicted molar refractivity (Wildman–Crippen MR) is 87.4 cm³/mol. The van der Waals surface area contributed by atoms with Crippen molar-refractivity contribution in [1.29, 1.82) is 0 Å².